The lowest BCUT2D eigenvalue weighted by atomic mass is 9.41. The molecule has 4 fully saturated rings. The lowest BCUT2D eigenvalue weighted by Gasteiger charge is -2.65. The Morgan fingerprint density at radius 1 is 0.929 bits per heavy atom. The van der Waals surface area contributed by atoms with Gasteiger partial charge in [-0.3, -0.25) is 0 Å². The van der Waals surface area contributed by atoms with E-state index >= 15 is 0 Å². The molecule has 1 heteroatoms. The van der Waals surface area contributed by atoms with Crippen LogP contribution in [0.2, 0.25) is 0 Å². The summed E-state index contributed by atoms with van der Waals surface area (Å²) >= 11 is 0. The fourth-order valence-corrected chi connectivity index (χ4v) is 7.31. The highest BCUT2D eigenvalue weighted by Crippen LogP contribution is 2.69. The summed E-state index contributed by atoms with van der Waals surface area (Å²) in [6.45, 7) is 3.10. The molecule has 0 aromatic heterocycles. The first-order valence-corrected chi connectivity index (χ1v) is 11.2. The summed E-state index contributed by atoms with van der Waals surface area (Å²) < 4.78 is 6.73. The van der Waals surface area contributed by atoms with Crippen molar-refractivity contribution in [3.8, 4) is 0 Å². The van der Waals surface area contributed by atoms with Crippen molar-refractivity contribution >= 4 is 21.5 Å². The van der Waals surface area contributed by atoms with E-state index in [4.69, 9.17) is 4.74 Å². The van der Waals surface area contributed by atoms with Crippen LogP contribution in [0.5, 0.6) is 0 Å². The Kier molecular flexibility index (Phi) is 3.69. The molecule has 4 saturated carbocycles. The average Bonchev–Trinajstić information content (AvgIpc) is 2.69. The van der Waals surface area contributed by atoms with Crippen molar-refractivity contribution < 1.29 is 4.74 Å². The fourth-order valence-electron chi connectivity index (χ4n) is 7.31. The first-order valence-electron chi connectivity index (χ1n) is 11.2. The summed E-state index contributed by atoms with van der Waals surface area (Å²) in [7, 11) is 0. The van der Waals surface area contributed by atoms with Crippen molar-refractivity contribution in [2.45, 2.75) is 64.6 Å². The monoisotopic (exact) mass is 370 g/mol. The molecule has 3 aromatic carbocycles. The molecule has 1 nitrogen and oxygen atoms in total. The van der Waals surface area contributed by atoms with Gasteiger partial charge in [-0.2, -0.15) is 0 Å². The smallest absolute Gasteiger partial charge is 0.0732 e. The lowest BCUT2D eigenvalue weighted by Crippen LogP contribution is -2.56. The molecule has 3 aromatic rings. The van der Waals surface area contributed by atoms with Gasteiger partial charge in [0.25, 0.3) is 0 Å². The van der Waals surface area contributed by atoms with Gasteiger partial charge in [-0.25, -0.2) is 0 Å². The van der Waals surface area contributed by atoms with Crippen LogP contribution in [0.15, 0.2) is 54.6 Å². The van der Waals surface area contributed by atoms with Gasteiger partial charge >= 0.3 is 0 Å². The first kappa shape index (κ1) is 17.0. The Balaban J connectivity index is 1.33. The van der Waals surface area contributed by atoms with Crippen LogP contribution in [0.1, 0.15) is 57.4 Å². The summed E-state index contributed by atoms with van der Waals surface area (Å²) in [6.07, 6.45) is 10.5. The van der Waals surface area contributed by atoms with E-state index in [-0.39, 0.29) is 0 Å². The Bertz CT molecular complexity index is 985. The zero-order valence-corrected chi connectivity index (χ0v) is 16.9. The van der Waals surface area contributed by atoms with Crippen LogP contribution in [-0.2, 0) is 11.3 Å². The van der Waals surface area contributed by atoms with Gasteiger partial charge in [0, 0.05) is 0 Å². The molecule has 0 saturated heterocycles. The normalized spacial score (nSPS) is 32.2. The summed E-state index contributed by atoms with van der Waals surface area (Å²) in [5.74, 6) is 0.985. The van der Waals surface area contributed by atoms with Crippen molar-refractivity contribution in [3.63, 3.8) is 0 Å². The predicted octanol–water partition coefficient (Wildman–Crippen LogP) is 7.26. The second-order valence-corrected chi connectivity index (χ2v) is 10.1. The molecule has 7 rings (SSSR count). The number of benzene rings is 3. The second kappa shape index (κ2) is 6.07. The molecule has 2 unspecified atom stereocenters. The standard InChI is InChI=1S/C27H30O/c1-19(27-12-6-11-26(18-27)14-20(15-26)16-27)28-17-25-23-9-4-2-7-21(23)13-22-8-3-5-10-24(22)25/h2-5,7-10,13,19-20H,6,11-12,14-18H2,1H3. The molecule has 0 heterocycles. The molecule has 144 valence electrons. The Morgan fingerprint density at radius 2 is 1.61 bits per heavy atom. The van der Waals surface area contributed by atoms with Gasteiger partial charge in [-0.15, -0.1) is 0 Å². The molecule has 4 aliphatic carbocycles. The van der Waals surface area contributed by atoms with Crippen LogP contribution >= 0.6 is 0 Å². The van der Waals surface area contributed by atoms with E-state index < -0.39 is 0 Å². The molecule has 0 N–H and O–H groups in total. The third kappa shape index (κ3) is 2.48. The number of rotatable bonds is 4. The largest absolute Gasteiger partial charge is 0.373 e. The van der Waals surface area contributed by atoms with Gasteiger partial charge in [0.05, 0.1) is 12.7 Å². The maximum absolute atomic E-state index is 6.73. The van der Waals surface area contributed by atoms with Gasteiger partial charge in [0.2, 0.25) is 0 Å². The SMILES string of the molecule is CC(OCc1c2ccccc2cc2ccccc12)C12CCCC3(CC(C3)C1)C2. The van der Waals surface area contributed by atoms with Crippen LogP contribution in [0.3, 0.4) is 0 Å². The summed E-state index contributed by atoms with van der Waals surface area (Å²) in [4.78, 5) is 0. The Labute approximate surface area is 168 Å². The summed E-state index contributed by atoms with van der Waals surface area (Å²) in [5.41, 5.74) is 2.51. The van der Waals surface area contributed by atoms with Gasteiger partial charge in [0.1, 0.15) is 0 Å². The van der Waals surface area contributed by atoms with E-state index in [9.17, 15) is 0 Å². The molecule has 0 radical (unpaired) electrons. The van der Waals surface area contributed by atoms with E-state index in [2.05, 4.69) is 61.5 Å². The van der Waals surface area contributed by atoms with Crippen molar-refractivity contribution in [2.24, 2.45) is 16.7 Å². The third-order valence-corrected chi connectivity index (χ3v) is 8.47. The molecular formula is C27H30O. The highest BCUT2D eigenvalue weighted by Gasteiger charge is 2.59. The number of ether oxygens (including phenoxy) is 1. The van der Waals surface area contributed by atoms with Crippen LogP contribution in [-0.4, -0.2) is 6.10 Å². The Hall–Kier alpha value is -1.86. The highest BCUT2D eigenvalue weighted by atomic mass is 16.5. The zero-order chi connectivity index (χ0) is 18.8. The molecule has 0 amide bonds. The highest BCUT2D eigenvalue weighted by molar-refractivity contribution is 6.02. The molecule has 0 aliphatic heterocycles. The first-order chi connectivity index (χ1) is 13.7. The van der Waals surface area contributed by atoms with Crippen LogP contribution in [0.25, 0.3) is 21.5 Å². The van der Waals surface area contributed by atoms with Gasteiger partial charge in [-0.1, -0.05) is 55.0 Å². The molecule has 1 spiro atoms. The third-order valence-electron chi connectivity index (χ3n) is 8.47. The zero-order valence-electron chi connectivity index (χ0n) is 16.9. The summed E-state index contributed by atoms with van der Waals surface area (Å²) in [5, 5.41) is 5.33. The fraction of sp³-hybridized carbons (Fsp3) is 0.481. The molecule has 2 atom stereocenters. The van der Waals surface area contributed by atoms with Gasteiger partial charge < -0.3 is 4.74 Å². The summed E-state index contributed by atoms with van der Waals surface area (Å²) in [6, 6.07) is 19.9. The van der Waals surface area contributed by atoms with Crippen molar-refractivity contribution in [1.82, 2.24) is 0 Å². The molecule has 28 heavy (non-hydrogen) atoms. The lowest BCUT2D eigenvalue weighted by molar-refractivity contribution is -0.178. The van der Waals surface area contributed by atoms with Crippen LogP contribution in [0, 0.1) is 16.7 Å². The van der Waals surface area contributed by atoms with E-state index in [1.165, 1.54) is 72.1 Å². The van der Waals surface area contributed by atoms with Gasteiger partial charge in [-0.05, 0) is 95.4 Å². The maximum Gasteiger partial charge on any atom is 0.0732 e. The second-order valence-electron chi connectivity index (χ2n) is 10.1. The molecule has 3 bridgehead atoms. The Morgan fingerprint density at radius 3 is 2.32 bits per heavy atom. The molecular weight excluding hydrogens is 340 g/mol. The van der Waals surface area contributed by atoms with E-state index in [0.29, 0.717) is 16.9 Å². The minimum atomic E-state index is 0.355. The van der Waals surface area contributed by atoms with Crippen molar-refractivity contribution in [1.29, 1.82) is 0 Å². The predicted molar refractivity (Wildman–Crippen MR) is 116 cm³/mol. The molecule has 4 aliphatic rings. The van der Waals surface area contributed by atoms with Crippen LogP contribution < -0.4 is 0 Å². The van der Waals surface area contributed by atoms with E-state index in [0.717, 1.165) is 12.5 Å². The van der Waals surface area contributed by atoms with Crippen molar-refractivity contribution in [2.75, 3.05) is 0 Å². The minimum Gasteiger partial charge on any atom is -0.373 e. The quantitative estimate of drug-likeness (QED) is 0.439. The number of hydrogen-bond acceptors (Lipinski definition) is 1. The number of fused-ring (bicyclic) bond motifs is 2. The van der Waals surface area contributed by atoms with Gasteiger partial charge in [0.15, 0.2) is 0 Å². The maximum atomic E-state index is 6.73. The van der Waals surface area contributed by atoms with Crippen LogP contribution in [0.4, 0.5) is 0 Å². The average molecular weight is 371 g/mol. The minimum absolute atomic E-state index is 0.355. The van der Waals surface area contributed by atoms with E-state index in [1.54, 1.807) is 0 Å². The number of hydrogen-bond donors (Lipinski definition) is 0. The topological polar surface area (TPSA) is 9.23 Å². The van der Waals surface area contributed by atoms with E-state index in [1.807, 2.05) is 0 Å². The van der Waals surface area contributed by atoms with Crippen molar-refractivity contribution in [3.05, 3.63) is 60.2 Å².